The lowest BCUT2D eigenvalue weighted by Gasteiger charge is -2.24. The number of benzene rings is 1. The van der Waals surface area contributed by atoms with Gasteiger partial charge in [-0.25, -0.2) is 0 Å². The summed E-state index contributed by atoms with van der Waals surface area (Å²) in [6.45, 7) is 0. The lowest BCUT2D eigenvalue weighted by Crippen LogP contribution is -2.22. The second-order valence-corrected chi connectivity index (χ2v) is 7.67. The number of nitrogens with one attached hydrogen (secondary N) is 1. The Morgan fingerprint density at radius 2 is 1.83 bits per heavy atom. The van der Waals surface area contributed by atoms with E-state index < -0.39 is 0 Å². The number of hydrogen-bond acceptors (Lipinski definition) is 2. The third kappa shape index (κ3) is 3.45. The molecule has 2 aliphatic carbocycles. The van der Waals surface area contributed by atoms with Gasteiger partial charge in [-0.1, -0.05) is 19.3 Å². The molecular formula is C15H20BrNS. The van der Waals surface area contributed by atoms with Gasteiger partial charge in [0.1, 0.15) is 0 Å². The number of thioether (sulfide) groups is 1. The number of hydrogen-bond donors (Lipinski definition) is 1. The van der Waals surface area contributed by atoms with E-state index in [-0.39, 0.29) is 0 Å². The summed E-state index contributed by atoms with van der Waals surface area (Å²) in [5.41, 5.74) is 1.27. The highest BCUT2D eigenvalue weighted by Crippen LogP contribution is 2.41. The van der Waals surface area contributed by atoms with Gasteiger partial charge in [0.2, 0.25) is 0 Å². The predicted octanol–water partition coefficient (Wildman–Crippen LogP) is 5.45. The van der Waals surface area contributed by atoms with Crippen LogP contribution in [0.15, 0.2) is 27.6 Å². The molecule has 0 unspecified atom stereocenters. The molecule has 0 radical (unpaired) electrons. The molecule has 2 fully saturated rings. The van der Waals surface area contributed by atoms with Crippen molar-refractivity contribution in [1.82, 2.24) is 0 Å². The smallest absolute Gasteiger partial charge is 0.0487 e. The molecule has 0 atom stereocenters. The van der Waals surface area contributed by atoms with E-state index >= 15 is 0 Å². The summed E-state index contributed by atoms with van der Waals surface area (Å²) in [4.78, 5) is 1.40. The van der Waals surface area contributed by atoms with Crippen LogP contribution in [0.1, 0.15) is 44.9 Å². The van der Waals surface area contributed by atoms with Gasteiger partial charge in [0, 0.05) is 26.3 Å². The highest BCUT2D eigenvalue weighted by Gasteiger charge is 2.22. The van der Waals surface area contributed by atoms with Crippen molar-refractivity contribution in [3.63, 3.8) is 0 Å². The Morgan fingerprint density at radius 3 is 2.50 bits per heavy atom. The van der Waals surface area contributed by atoms with Crippen LogP contribution in [0.5, 0.6) is 0 Å². The van der Waals surface area contributed by atoms with E-state index in [0.717, 1.165) is 5.25 Å². The first-order chi connectivity index (χ1) is 8.81. The van der Waals surface area contributed by atoms with Crippen molar-refractivity contribution in [3.8, 4) is 0 Å². The molecule has 1 aromatic carbocycles. The molecule has 0 aliphatic heterocycles. The van der Waals surface area contributed by atoms with Crippen molar-refractivity contribution >= 4 is 33.4 Å². The Labute approximate surface area is 122 Å². The largest absolute Gasteiger partial charge is 0.381 e. The first-order valence-corrected chi connectivity index (χ1v) is 8.71. The van der Waals surface area contributed by atoms with Gasteiger partial charge in [-0.3, -0.25) is 0 Å². The fourth-order valence-corrected chi connectivity index (χ4v) is 4.27. The van der Waals surface area contributed by atoms with Gasteiger partial charge in [-0.15, -0.1) is 11.8 Å². The summed E-state index contributed by atoms with van der Waals surface area (Å²) in [7, 11) is 0. The molecule has 1 nitrogen and oxygen atoms in total. The quantitative estimate of drug-likeness (QED) is 0.790. The fourth-order valence-electron chi connectivity index (χ4n) is 2.53. The maximum Gasteiger partial charge on any atom is 0.0487 e. The lowest BCUT2D eigenvalue weighted by atomic mass is 9.95. The minimum absolute atomic E-state index is 0.678. The minimum Gasteiger partial charge on any atom is -0.381 e. The summed E-state index contributed by atoms with van der Waals surface area (Å²) < 4.78 is 1.22. The highest BCUT2D eigenvalue weighted by molar-refractivity contribution is 9.10. The maximum absolute atomic E-state index is 3.71. The Balaban J connectivity index is 1.63. The molecule has 0 heterocycles. The minimum atomic E-state index is 0.678. The first-order valence-electron chi connectivity index (χ1n) is 7.04. The molecule has 1 aromatic rings. The molecular weight excluding hydrogens is 306 g/mol. The van der Waals surface area contributed by atoms with Gasteiger partial charge in [-0.2, -0.15) is 0 Å². The number of rotatable bonds is 4. The summed E-state index contributed by atoms with van der Waals surface area (Å²) in [6, 6.07) is 7.45. The Morgan fingerprint density at radius 1 is 1.06 bits per heavy atom. The average molecular weight is 326 g/mol. The van der Waals surface area contributed by atoms with E-state index in [4.69, 9.17) is 0 Å². The van der Waals surface area contributed by atoms with Crippen LogP contribution in [0.25, 0.3) is 0 Å². The molecule has 2 saturated carbocycles. The molecule has 0 bridgehead atoms. The van der Waals surface area contributed by atoms with Crippen molar-refractivity contribution in [2.75, 3.05) is 5.32 Å². The van der Waals surface area contributed by atoms with Crippen LogP contribution in [-0.4, -0.2) is 11.3 Å². The zero-order valence-corrected chi connectivity index (χ0v) is 13.0. The second kappa shape index (κ2) is 5.87. The molecule has 0 aromatic heterocycles. The Kier molecular flexibility index (Phi) is 4.20. The van der Waals surface area contributed by atoms with E-state index in [1.165, 1.54) is 60.0 Å². The Hall–Kier alpha value is -0.150. The van der Waals surface area contributed by atoms with Crippen LogP contribution >= 0.6 is 27.7 Å². The normalized spacial score (nSPS) is 20.9. The van der Waals surface area contributed by atoms with E-state index in [9.17, 15) is 0 Å². The standard InChI is InChI=1S/C15H20BrNS/c16-14-10-13(18-12-6-7-12)8-9-15(14)17-11-4-2-1-3-5-11/h8-12,17H,1-7H2. The molecule has 0 amide bonds. The van der Waals surface area contributed by atoms with Crippen molar-refractivity contribution in [1.29, 1.82) is 0 Å². The molecule has 3 heteroatoms. The zero-order valence-electron chi connectivity index (χ0n) is 10.6. The highest BCUT2D eigenvalue weighted by atomic mass is 79.9. The van der Waals surface area contributed by atoms with Crippen LogP contribution in [0.3, 0.4) is 0 Å². The molecule has 0 saturated heterocycles. The molecule has 0 spiro atoms. The third-order valence-corrected chi connectivity index (χ3v) is 5.72. The van der Waals surface area contributed by atoms with Crippen LogP contribution < -0.4 is 5.32 Å². The van der Waals surface area contributed by atoms with Crippen LogP contribution in [0.2, 0.25) is 0 Å². The monoisotopic (exact) mass is 325 g/mol. The predicted molar refractivity (Wildman–Crippen MR) is 83.5 cm³/mol. The van der Waals surface area contributed by atoms with Gasteiger partial charge < -0.3 is 5.32 Å². The Bertz CT molecular complexity index is 411. The molecule has 2 aliphatic rings. The van der Waals surface area contributed by atoms with Gasteiger partial charge in [0.05, 0.1) is 0 Å². The zero-order chi connectivity index (χ0) is 12.4. The fraction of sp³-hybridized carbons (Fsp3) is 0.600. The molecule has 1 N–H and O–H groups in total. The van der Waals surface area contributed by atoms with Gasteiger partial charge in [0.15, 0.2) is 0 Å². The van der Waals surface area contributed by atoms with Gasteiger partial charge in [0.25, 0.3) is 0 Å². The topological polar surface area (TPSA) is 12.0 Å². The van der Waals surface area contributed by atoms with Crippen molar-refractivity contribution < 1.29 is 0 Å². The van der Waals surface area contributed by atoms with E-state index in [0.29, 0.717) is 6.04 Å². The summed E-state index contributed by atoms with van der Waals surface area (Å²) in [5, 5.41) is 4.57. The van der Waals surface area contributed by atoms with E-state index in [1.54, 1.807) is 0 Å². The second-order valence-electron chi connectivity index (χ2n) is 5.44. The lowest BCUT2D eigenvalue weighted by molar-refractivity contribution is 0.462. The SMILES string of the molecule is Brc1cc(SC2CC2)ccc1NC1CCCCC1. The van der Waals surface area contributed by atoms with E-state index in [2.05, 4.69) is 39.4 Å². The van der Waals surface area contributed by atoms with Gasteiger partial charge >= 0.3 is 0 Å². The maximum atomic E-state index is 3.71. The summed E-state index contributed by atoms with van der Waals surface area (Å²) in [6.07, 6.45) is 9.61. The summed E-state index contributed by atoms with van der Waals surface area (Å²) >= 11 is 5.73. The average Bonchev–Trinajstić information content (AvgIpc) is 3.18. The summed E-state index contributed by atoms with van der Waals surface area (Å²) in [5.74, 6) is 0. The number of halogens is 1. The van der Waals surface area contributed by atoms with Crippen LogP contribution in [0.4, 0.5) is 5.69 Å². The molecule has 3 rings (SSSR count). The van der Waals surface area contributed by atoms with Crippen molar-refractivity contribution in [2.24, 2.45) is 0 Å². The molecule has 98 valence electrons. The van der Waals surface area contributed by atoms with E-state index in [1.807, 2.05) is 11.8 Å². The van der Waals surface area contributed by atoms with Crippen molar-refractivity contribution in [2.45, 2.75) is 61.1 Å². The van der Waals surface area contributed by atoms with Crippen molar-refractivity contribution in [3.05, 3.63) is 22.7 Å². The van der Waals surface area contributed by atoms with Gasteiger partial charge in [-0.05, 0) is 59.8 Å². The molecule has 18 heavy (non-hydrogen) atoms. The van der Waals surface area contributed by atoms with Crippen LogP contribution in [-0.2, 0) is 0 Å². The third-order valence-electron chi connectivity index (χ3n) is 3.73. The number of anilines is 1. The van der Waals surface area contributed by atoms with Crippen LogP contribution in [0, 0.1) is 0 Å². The first kappa shape index (κ1) is 12.9.